The van der Waals surface area contributed by atoms with Gasteiger partial charge in [0.05, 0.1) is 12.6 Å². The van der Waals surface area contributed by atoms with Crippen molar-refractivity contribution in [3.8, 4) is 0 Å². The van der Waals surface area contributed by atoms with Crippen LogP contribution in [0.5, 0.6) is 0 Å². The highest BCUT2D eigenvalue weighted by Gasteiger charge is 2.32. The van der Waals surface area contributed by atoms with Gasteiger partial charge in [0.15, 0.2) is 0 Å². The van der Waals surface area contributed by atoms with E-state index in [0.717, 1.165) is 5.56 Å². The Labute approximate surface area is 99.0 Å². The standard InChI is InChI=1S/C10H13ClNO3P/c1-8(12)10(13)16(11,14)15-7-9-5-3-2-4-6-9/h2-6,8H,7,12H2,1H3/t8-,16?/m0/s1. The minimum absolute atomic E-state index is 0.0279. The molecule has 1 rings (SSSR count). The van der Waals surface area contributed by atoms with Crippen LogP contribution in [0.2, 0.25) is 0 Å². The van der Waals surface area contributed by atoms with Crippen molar-refractivity contribution in [2.45, 2.75) is 19.6 Å². The lowest BCUT2D eigenvalue weighted by molar-refractivity contribution is -0.113. The number of hydrogen-bond donors (Lipinski definition) is 1. The van der Waals surface area contributed by atoms with Crippen LogP contribution in [-0.4, -0.2) is 11.6 Å². The van der Waals surface area contributed by atoms with Crippen molar-refractivity contribution in [2.24, 2.45) is 5.73 Å². The van der Waals surface area contributed by atoms with Gasteiger partial charge in [0.1, 0.15) is 0 Å². The fourth-order valence-electron chi connectivity index (χ4n) is 1.04. The zero-order valence-electron chi connectivity index (χ0n) is 8.80. The van der Waals surface area contributed by atoms with Gasteiger partial charge in [-0.05, 0) is 23.7 Å². The number of nitrogens with two attached hydrogens (primary N) is 1. The second-order valence-corrected chi connectivity index (χ2v) is 6.36. The molecule has 16 heavy (non-hydrogen) atoms. The first-order valence-corrected chi connectivity index (χ1v) is 7.24. The molecule has 0 saturated heterocycles. The highest BCUT2D eigenvalue weighted by atomic mass is 35.7. The smallest absolute Gasteiger partial charge is 0.321 e. The Bertz CT molecular complexity index is 408. The maximum Gasteiger partial charge on any atom is 0.356 e. The van der Waals surface area contributed by atoms with Crippen LogP contribution >= 0.6 is 18.0 Å². The van der Waals surface area contributed by atoms with Crippen LogP contribution in [0.3, 0.4) is 0 Å². The first kappa shape index (κ1) is 13.4. The number of carbonyl (C=O) groups is 1. The van der Waals surface area contributed by atoms with Crippen LogP contribution in [0.1, 0.15) is 12.5 Å². The van der Waals surface area contributed by atoms with Crippen LogP contribution in [0.25, 0.3) is 0 Å². The van der Waals surface area contributed by atoms with E-state index in [0.29, 0.717) is 0 Å². The largest absolute Gasteiger partial charge is 0.356 e. The van der Waals surface area contributed by atoms with Gasteiger partial charge in [-0.3, -0.25) is 9.36 Å². The molecule has 1 aromatic carbocycles. The molecular formula is C10H13ClNO3P. The van der Waals surface area contributed by atoms with Gasteiger partial charge in [0.2, 0.25) is 5.52 Å². The van der Waals surface area contributed by atoms with Gasteiger partial charge < -0.3 is 10.3 Å². The van der Waals surface area contributed by atoms with E-state index in [1.165, 1.54) is 6.92 Å². The molecule has 0 bridgehead atoms. The first-order valence-electron chi connectivity index (χ1n) is 4.71. The van der Waals surface area contributed by atoms with Crippen molar-refractivity contribution < 1.29 is 13.9 Å². The average Bonchev–Trinajstić information content (AvgIpc) is 2.27. The minimum Gasteiger partial charge on any atom is -0.321 e. The third kappa shape index (κ3) is 3.72. The van der Waals surface area contributed by atoms with Gasteiger partial charge in [0, 0.05) is 0 Å². The number of halogens is 1. The zero-order chi connectivity index (χ0) is 12.2. The van der Waals surface area contributed by atoms with Crippen LogP contribution in [-0.2, 0) is 20.5 Å². The van der Waals surface area contributed by atoms with E-state index in [4.69, 9.17) is 21.5 Å². The molecule has 4 nitrogen and oxygen atoms in total. The second kappa shape index (κ2) is 5.60. The average molecular weight is 262 g/mol. The molecule has 1 aromatic rings. The molecule has 2 atom stereocenters. The van der Waals surface area contributed by atoms with E-state index < -0.39 is 18.3 Å². The predicted octanol–water partition coefficient (Wildman–Crippen LogP) is 2.51. The number of carbonyl (C=O) groups excluding carboxylic acids is 1. The Morgan fingerprint density at radius 1 is 1.50 bits per heavy atom. The van der Waals surface area contributed by atoms with E-state index in [-0.39, 0.29) is 6.61 Å². The van der Waals surface area contributed by atoms with Gasteiger partial charge in [-0.1, -0.05) is 30.3 Å². The van der Waals surface area contributed by atoms with Crippen molar-refractivity contribution in [1.82, 2.24) is 0 Å². The number of hydrogen-bond acceptors (Lipinski definition) is 4. The quantitative estimate of drug-likeness (QED) is 0.827. The molecule has 0 heterocycles. The maximum atomic E-state index is 11.6. The Morgan fingerprint density at radius 2 is 2.06 bits per heavy atom. The van der Waals surface area contributed by atoms with E-state index >= 15 is 0 Å². The summed E-state index contributed by atoms with van der Waals surface area (Å²) < 4.78 is 16.6. The summed E-state index contributed by atoms with van der Waals surface area (Å²) in [6.45, 7) is -2.35. The van der Waals surface area contributed by atoms with Crippen molar-refractivity contribution in [3.05, 3.63) is 35.9 Å². The lowest BCUT2D eigenvalue weighted by Crippen LogP contribution is -2.25. The fourth-order valence-corrected chi connectivity index (χ4v) is 2.58. The topological polar surface area (TPSA) is 69.4 Å². The third-order valence-electron chi connectivity index (χ3n) is 1.89. The van der Waals surface area contributed by atoms with Crippen LogP contribution in [0.15, 0.2) is 30.3 Å². The van der Waals surface area contributed by atoms with E-state index in [1.54, 1.807) is 12.1 Å². The molecule has 1 unspecified atom stereocenters. The van der Waals surface area contributed by atoms with Crippen molar-refractivity contribution in [3.63, 3.8) is 0 Å². The van der Waals surface area contributed by atoms with Crippen LogP contribution in [0, 0.1) is 0 Å². The molecule has 0 radical (unpaired) electrons. The molecule has 0 aliphatic rings. The Morgan fingerprint density at radius 3 is 2.56 bits per heavy atom. The van der Waals surface area contributed by atoms with Gasteiger partial charge in [-0.2, -0.15) is 0 Å². The van der Waals surface area contributed by atoms with Gasteiger partial charge in [-0.15, -0.1) is 0 Å². The second-order valence-electron chi connectivity index (χ2n) is 3.37. The molecule has 0 amide bonds. The molecule has 2 N–H and O–H groups in total. The van der Waals surface area contributed by atoms with Crippen molar-refractivity contribution >= 4 is 23.5 Å². The Hall–Kier alpha value is -0.670. The summed E-state index contributed by atoms with van der Waals surface area (Å²) in [5.74, 6) is 0. The zero-order valence-corrected chi connectivity index (χ0v) is 10.4. The van der Waals surface area contributed by atoms with Gasteiger partial charge in [0.25, 0.3) is 0 Å². The molecule has 88 valence electrons. The summed E-state index contributed by atoms with van der Waals surface area (Å²) in [6.07, 6.45) is 0. The van der Waals surface area contributed by atoms with Crippen LogP contribution < -0.4 is 5.73 Å². The molecule has 6 heteroatoms. The number of rotatable bonds is 5. The lowest BCUT2D eigenvalue weighted by atomic mass is 10.2. The molecule has 0 fully saturated rings. The maximum absolute atomic E-state index is 11.6. The van der Waals surface area contributed by atoms with E-state index in [2.05, 4.69) is 0 Å². The van der Waals surface area contributed by atoms with Crippen molar-refractivity contribution in [1.29, 1.82) is 0 Å². The molecule has 0 aromatic heterocycles. The predicted molar refractivity (Wildman–Crippen MR) is 63.3 cm³/mol. The Kier molecular flexibility index (Phi) is 4.69. The summed E-state index contributed by atoms with van der Waals surface area (Å²) >= 11 is 5.54. The van der Waals surface area contributed by atoms with Gasteiger partial charge in [-0.25, -0.2) is 0 Å². The summed E-state index contributed by atoms with van der Waals surface area (Å²) in [5.41, 5.74) is 5.34. The highest BCUT2D eigenvalue weighted by Crippen LogP contribution is 2.54. The van der Waals surface area contributed by atoms with Crippen molar-refractivity contribution in [2.75, 3.05) is 0 Å². The normalized spacial score (nSPS) is 16.4. The third-order valence-corrected chi connectivity index (χ3v) is 4.08. The Balaban J connectivity index is 2.62. The van der Waals surface area contributed by atoms with Crippen LogP contribution in [0.4, 0.5) is 0 Å². The summed E-state index contributed by atoms with van der Waals surface area (Å²) in [7, 11) is 0. The van der Waals surface area contributed by atoms with E-state index in [1.807, 2.05) is 18.2 Å². The first-order chi connectivity index (χ1) is 7.43. The molecule has 0 spiro atoms. The summed E-state index contributed by atoms with van der Waals surface area (Å²) in [5, 5.41) is 0. The molecular weight excluding hydrogens is 249 g/mol. The lowest BCUT2D eigenvalue weighted by Gasteiger charge is -2.12. The fraction of sp³-hybridized carbons (Fsp3) is 0.300. The van der Waals surface area contributed by atoms with Gasteiger partial charge >= 0.3 is 6.72 Å². The minimum atomic E-state index is -3.80. The number of benzene rings is 1. The molecule has 0 saturated carbocycles. The van der Waals surface area contributed by atoms with E-state index in [9.17, 15) is 9.36 Å². The monoisotopic (exact) mass is 261 g/mol. The summed E-state index contributed by atoms with van der Waals surface area (Å²) in [6, 6.07) is 8.15. The highest BCUT2D eigenvalue weighted by molar-refractivity contribution is 7.98. The molecule has 0 aliphatic heterocycles. The summed E-state index contributed by atoms with van der Waals surface area (Å²) in [4.78, 5) is 11.3. The molecule has 0 aliphatic carbocycles. The SMILES string of the molecule is C[C@H](N)C(=O)P(=O)(Cl)OCc1ccccc1.